The van der Waals surface area contributed by atoms with Crippen LogP contribution >= 0.6 is 0 Å². The summed E-state index contributed by atoms with van der Waals surface area (Å²) in [5.41, 5.74) is 19.6. The van der Waals surface area contributed by atoms with Crippen molar-refractivity contribution >= 4 is 45.0 Å². The molecule has 8 rings (SSSR count). The summed E-state index contributed by atoms with van der Waals surface area (Å²) in [6.45, 7) is 33.0. The van der Waals surface area contributed by atoms with Gasteiger partial charge in [0.15, 0.2) is 0 Å². The van der Waals surface area contributed by atoms with Gasteiger partial charge in [-0.25, -0.2) is 0 Å². The molecule has 8 aromatic rings. The van der Waals surface area contributed by atoms with E-state index in [0.717, 1.165) is 44.5 Å². The topological polar surface area (TPSA) is 38.9 Å². The molecule has 0 aliphatic rings. The molecule has 355 valence electrons. The van der Waals surface area contributed by atoms with Crippen LogP contribution in [0.25, 0.3) is 44.5 Å². The van der Waals surface area contributed by atoms with Gasteiger partial charge in [-0.2, -0.15) is 0 Å². The number of nitrogens with zero attached hydrogens (tertiary/aromatic N) is 2. The van der Waals surface area contributed by atoms with E-state index in [2.05, 4.69) is 182 Å². The van der Waals surface area contributed by atoms with Crippen LogP contribution < -0.4 is 16.4 Å². The van der Waals surface area contributed by atoms with E-state index in [0.29, 0.717) is 35.5 Å². The molecule has 5 heteroatoms. The third-order valence-electron chi connectivity index (χ3n) is 13.4. The molecule has 0 spiro atoms. The van der Waals surface area contributed by atoms with E-state index in [1.165, 1.54) is 61.5 Å². The van der Waals surface area contributed by atoms with Crippen LogP contribution in [0.5, 0.6) is 0 Å². The van der Waals surface area contributed by atoms with Gasteiger partial charge >= 0.3 is 0 Å². The third-order valence-corrected chi connectivity index (χ3v) is 13.4. The SMILES string of the molecule is CC(C)c1cc(C(C)C)c(B(c2ccc3c(c2)oc2c(-c4cc(C(C)(C)C)ccn4)[c-]ccc23)c2c(C(C)C)cc(C(C)C)cc2C(C)C)c(C(C)C)c1.[2H]C([2H])([2H])c1ccc(-c2[c-]cccc2)nc1.[Ir]. The number of aromatic nitrogens is 2. The molecular weight excluding hydrogens is 1000 g/mol. The first-order valence-corrected chi connectivity index (χ1v) is 24.6. The molecule has 0 saturated carbocycles. The maximum atomic E-state index is 7.23. The first-order valence-electron chi connectivity index (χ1n) is 26.1. The molecule has 0 atom stereocenters. The van der Waals surface area contributed by atoms with Crippen molar-refractivity contribution in [3.63, 3.8) is 0 Å². The third kappa shape index (κ3) is 11.2. The molecule has 0 fully saturated rings. The predicted octanol–water partition coefficient (Wildman–Crippen LogP) is 15.9. The molecule has 3 nitrogen and oxygen atoms in total. The number of furan rings is 1. The number of aryl methyl sites for hydroxylation is 1. The molecule has 0 bridgehead atoms. The van der Waals surface area contributed by atoms with E-state index in [4.69, 9.17) is 13.5 Å². The average molecular weight is 1080 g/mol. The van der Waals surface area contributed by atoms with Crippen molar-refractivity contribution in [2.24, 2.45) is 0 Å². The number of benzene rings is 5. The second-order valence-electron chi connectivity index (χ2n) is 21.4. The minimum atomic E-state index is -2.09. The Kier molecular flexibility index (Phi) is 15.3. The monoisotopic (exact) mass is 1080 g/mol. The smallest absolute Gasteiger partial charge is 0.242 e. The molecular formula is C63H73BIrN2O-2. The molecule has 0 N–H and O–H groups in total. The van der Waals surface area contributed by atoms with E-state index < -0.39 is 6.85 Å². The van der Waals surface area contributed by atoms with E-state index in [-0.39, 0.29) is 37.8 Å². The van der Waals surface area contributed by atoms with Crippen LogP contribution in [-0.4, -0.2) is 16.7 Å². The maximum absolute atomic E-state index is 7.23. The molecule has 0 aliphatic carbocycles. The summed E-state index contributed by atoms with van der Waals surface area (Å²) in [7, 11) is 0. The average Bonchev–Trinajstić information content (AvgIpc) is 3.69. The van der Waals surface area contributed by atoms with E-state index in [9.17, 15) is 0 Å². The van der Waals surface area contributed by atoms with Gasteiger partial charge in [0.1, 0.15) is 5.58 Å². The number of hydrogen-bond acceptors (Lipinski definition) is 3. The summed E-state index contributed by atoms with van der Waals surface area (Å²) >= 11 is 0. The van der Waals surface area contributed by atoms with Gasteiger partial charge in [-0.3, -0.25) is 0 Å². The Morgan fingerprint density at radius 3 is 1.63 bits per heavy atom. The quantitative estimate of drug-likeness (QED) is 0.0957. The summed E-state index contributed by atoms with van der Waals surface area (Å²) in [6.07, 6.45) is 3.31. The summed E-state index contributed by atoms with van der Waals surface area (Å²) < 4.78 is 28.7. The fourth-order valence-electron chi connectivity index (χ4n) is 9.44. The number of fused-ring (bicyclic) bond motifs is 3. The fraction of sp³-hybridized carbons (Fsp3) is 0.365. The van der Waals surface area contributed by atoms with Crippen molar-refractivity contribution in [3.05, 3.63) is 172 Å². The molecule has 3 heterocycles. The van der Waals surface area contributed by atoms with Crippen LogP contribution in [0.2, 0.25) is 0 Å². The van der Waals surface area contributed by atoms with Crippen LogP contribution in [-0.2, 0) is 25.5 Å². The summed E-state index contributed by atoms with van der Waals surface area (Å²) in [6, 6.07) is 42.9. The van der Waals surface area contributed by atoms with Gasteiger partial charge in [-0.05, 0) is 116 Å². The van der Waals surface area contributed by atoms with Crippen molar-refractivity contribution < 1.29 is 28.6 Å². The number of rotatable bonds is 11. The largest absolute Gasteiger partial charge is 0.501 e. The van der Waals surface area contributed by atoms with Crippen LogP contribution in [0.4, 0.5) is 0 Å². The Labute approximate surface area is 427 Å². The zero-order valence-electron chi connectivity index (χ0n) is 46.1. The van der Waals surface area contributed by atoms with Gasteiger partial charge in [-0.1, -0.05) is 186 Å². The normalized spacial score (nSPS) is 12.8. The van der Waals surface area contributed by atoms with Crippen LogP contribution in [0.3, 0.4) is 0 Å². The van der Waals surface area contributed by atoms with Gasteiger partial charge in [-0.15, -0.1) is 54.1 Å². The van der Waals surface area contributed by atoms with E-state index >= 15 is 0 Å². The van der Waals surface area contributed by atoms with Gasteiger partial charge < -0.3 is 14.4 Å². The summed E-state index contributed by atoms with van der Waals surface area (Å²) in [4.78, 5) is 8.94. The Morgan fingerprint density at radius 2 is 1.16 bits per heavy atom. The molecule has 68 heavy (non-hydrogen) atoms. The second kappa shape index (κ2) is 21.7. The van der Waals surface area contributed by atoms with Gasteiger partial charge in [0, 0.05) is 42.0 Å². The van der Waals surface area contributed by atoms with Crippen molar-refractivity contribution in [1.82, 2.24) is 9.97 Å². The first kappa shape index (κ1) is 48.0. The maximum Gasteiger partial charge on any atom is 0.242 e. The van der Waals surface area contributed by atoms with Gasteiger partial charge in [0.25, 0.3) is 0 Å². The fourth-order valence-corrected chi connectivity index (χ4v) is 9.44. The van der Waals surface area contributed by atoms with Gasteiger partial charge in [0.2, 0.25) is 6.71 Å². The molecule has 3 aromatic heterocycles. The molecule has 0 amide bonds. The van der Waals surface area contributed by atoms with Crippen LogP contribution in [0.1, 0.15) is 188 Å². The summed E-state index contributed by atoms with van der Waals surface area (Å²) in [5, 5.41) is 2.23. The zero-order valence-corrected chi connectivity index (χ0v) is 45.5. The summed E-state index contributed by atoms with van der Waals surface area (Å²) in [5.74, 6) is 2.36. The van der Waals surface area contributed by atoms with Crippen LogP contribution in [0, 0.1) is 19.0 Å². The predicted molar refractivity (Wildman–Crippen MR) is 290 cm³/mol. The standard InChI is InChI=1S/C51H63BNO.C12H10N.Ir/c1-29(2)35-23-42(31(5)6)48(43(24-35)32(7)8)52(49-44(33(9)10)25-36(30(3)4)26-45(49)34(11)12)38-19-20-39-40-17-16-18-41(50(40)54-47(39)28-38)46-27-37(21-22-53-46)51(13,14)15;1-10-7-8-12(13-9-10)11-5-3-2-4-6-11;/h16-17,19-34H,1-15H3;2-5,7-9H,1H3;/q2*-1;/i;1D3;. The van der Waals surface area contributed by atoms with E-state index in [1.807, 2.05) is 30.5 Å². The van der Waals surface area contributed by atoms with Crippen molar-refractivity contribution in [1.29, 1.82) is 0 Å². The zero-order chi connectivity index (χ0) is 51.0. The Morgan fingerprint density at radius 1 is 0.574 bits per heavy atom. The Balaban J connectivity index is 0.000000410. The Bertz CT molecular complexity index is 2950. The van der Waals surface area contributed by atoms with E-state index in [1.54, 1.807) is 18.2 Å². The van der Waals surface area contributed by atoms with Gasteiger partial charge in [0.05, 0.1) is 5.58 Å². The molecule has 0 aliphatic heterocycles. The van der Waals surface area contributed by atoms with Crippen molar-refractivity contribution in [2.75, 3.05) is 0 Å². The second-order valence-corrected chi connectivity index (χ2v) is 21.4. The minimum absolute atomic E-state index is 0. The minimum Gasteiger partial charge on any atom is -0.501 e. The van der Waals surface area contributed by atoms with Crippen LogP contribution in [0.15, 0.2) is 120 Å². The Hall–Kier alpha value is -5.09. The number of pyridine rings is 2. The van der Waals surface area contributed by atoms with Crippen molar-refractivity contribution in [2.45, 2.75) is 152 Å². The molecule has 0 saturated heterocycles. The molecule has 5 aromatic carbocycles. The van der Waals surface area contributed by atoms with Crippen molar-refractivity contribution in [3.8, 4) is 22.5 Å². The molecule has 0 unspecified atom stereocenters. The first-order chi connectivity index (χ1) is 33.0. The molecule has 1 radical (unpaired) electrons. The number of hydrogen-bond donors (Lipinski definition) is 0.